The summed E-state index contributed by atoms with van der Waals surface area (Å²) in [4.78, 5) is 32.4. The van der Waals surface area contributed by atoms with Crippen LogP contribution in [0.25, 0.3) is 0 Å². The molecule has 3 aliphatic heterocycles. The van der Waals surface area contributed by atoms with Gasteiger partial charge in [-0.1, -0.05) is 36.4 Å². The lowest BCUT2D eigenvalue weighted by atomic mass is 9.89. The molecule has 2 aromatic rings. The van der Waals surface area contributed by atoms with E-state index in [1.807, 2.05) is 71.3 Å². The fraction of sp³-hybridized carbons (Fsp3) is 0.440. The molecule has 31 heavy (non-hydrogen) atoms. The number of piperidine rings is 1. The smallest absolute Gasteiger partial charge is 0.257 e. The predicted molar refractivity (Wildman–Crippen MR) is 119 cm³/mol. The van der Waals surface area contributed by atoms with Gasteiger partial charge in [0.1, 0.15) is 6.23 Å². The zero-order valence-electron chi connectivity index (χ0n) is 18.2. The first-order valence-corrected chi connectivity index (χ1v) is 11.1. The van der Waals surface area contributed by atoms with Crippen LogP contribution in [0.5, 0.6) is 0 Å². The second-order valence-electron chi connectivity index (χ2n) is 9.02. The predicted octanol–water partition coefficient (Wildman–Crippen LogP) is 3.45. The molecule has 2 atom stereocenters. The van der Waals surface area contributed by atoms with Crippen LogP contribution in [0.1, 0.15) is 47.6 Å². The zero-order valence-corrected chi connectivity index (χ0v) is 18.2. The van der Waals surface area contributed by atoms with E-state index < -0.39 is 5.60 Å². The van der Waals surface area contributed by atoms with E-state index in [1.165, 1.54) is 5.56 Å². The molecule has 162 valence electrons. The van der Waals surface area contributed by atoms with Crippen molar-refractivity contribution in [3.8, 4) is 0 Å². The number of anilines is 1. The summed E-state index contributed by atoms with van der Waals surface area (Å²) < 4.78 is 6.39. The van der Waals surface area contributed by atoms with Crippen LogP contribution in [-0.4, -0.2) is 60.6 Å². The summed E-state index contributed by atoms with van der Waals surface area (Å²) in [7, 11) is 3.93. The summed E-state index contributed by atoms with van der Waals surface area (Å²) in [5.41, 5.74) is 2.08. The Labute approximate surface area is 183 Å². The molecule has 2 aromatic carbocycles. The van der Waals surface area contributed by atoms with E-state index in [-0.39, 0.29) is 24.1 Å². The Hall–Kier alpha value is -2.86. The molecule has 0 N–H and O–H groups in total. The van der Waals surface area contributed by atoms with Crippen molar-refractivity contribution in [2.75, 3.05) is 32.1 Å². The number of benzene rings is 2. The molecule has 0 unspecified atom stereocenters. The third-order valence-electron chi connectivity index (χ3n) is 6.97. The second kappa shape index (κ2) is 7.68. The first-order valence-electron chi connectivity index (χ1n) is 11.1. The van der Waals surface area contributed by atoms with E-state index in [2.05, 4.69) is 12.1 Å². The van der Waals surface area contributed by atoms with E-state index >= 15 is 0 Å². The summed E-state index contributed by atoms with van der Waals surface area (Å²) in [5.74, 6) is 0.122. The second-order valence-corrected chi connectivity index (χ2v) is 9.02. The molecule has 2 amide bonds. The van der Waals surface area contributed by atoms with Crippen LogP contribution in [0.4, 0.5) is 5.69 Å². The van der Waals surface area contributed by atoms with Gasteiger partial charge in [0.05, 0.1) is 6.04 Å². The van der Waals surface area contributed by atoms with Gasteiger partial charge in [0.15, 0.2) is 5.60 Å². The number of carbonyl (C=O) groups is 2. The maximum atomic E-state index is 13.5. The standard InChI is InChI=1S/C25H29N3O3/c1-26(2)20-10-6-9-19(17-20)23(29)27-15-13-25(14-16-27)24(30)28-21(11-12-22(28)31-25)18-7-4-3-5-8-18/h3-10,17,21-22H,11-16H2,1-2H3/t21-,22+/m0/s1. The highest BCUT2D eigenvalue weighted by Crippen LogP contribution is 2.47. The summed E-state index contributed by atoms with van der Waals surface area (Å²) >= 11 is 0. The molecular formula is C25H29N3O3. The van der Waals surface area contributed by atoms with Crippen molar-refractivity contribution in [3.63, 3.8) is 0 Å². The van der Waals surface area contributed by atoms with Crippen molar-refractivity contribution in [2.24, 2.45) is 0 Å². The maximum absolute atomic E-state index is 13.5. The third-order valence-corrected chi connectivity index (χ3v) is 6.97. The van der Waals surface area contributed by atoms with Crippen LogP contribution in [0.3, 0.4) is 0 Å². The fourth-order valence-electron chi connectivity index (χ4n) is 5.22. The normalized spacial score (nSPS) is 24.5. The number of hydrogen-bond donors (Lipinski definition) is 0. The minimum absolute atomic E-state index is 0.0201. The lowest BCUT2D eigenvalue weighted by molar-refractivity contribution is -0.142. The van der Waals surface area contributed by atoms with Crippen LogP contribution in [0, 0.1) is 0 Å². The highest BCUT2D eigenvalue weighted by atomic mass is 16.6. The van der Waals surface area contributed by atoms with Gasteiger partial charge in [0, 0.05) is 51.3 Å². The fourth-order valence-corrected chi connectivity index (χ4v) is 5.22. The van der Waals surface area contributed by atoms with Gasteiger partial charge >= 0.3 is 0 Å². The minimum atomic E-state index is -0.777. The van der Waals surface area contributed by atoms with Crippen LogP contribution in [0.15, 0.2) is 54.6 Å². The van der Waals surface area contributed by atoms with Crippen molar-refractivity contribution < 1.29 is 14.3 Å². The first-order chi connectivity index (χ1) is 15.0. The van der Waals surface area contributed by atoms with Gasteiger partial charge in [-0.2, -0.15) is 0 Å². The first kappa shape index (κ1) is 20.1. The molecule has 3 saturated heterocycles. The molecule has 0 bridgehead atoms. The summed E-state index contributed by atoms with van der Waals surface area (Å²) in [6.45, 7) is 1.07. The van der Waals surface area contributed by atoms with E-state index in [4.69, 9.17) is 4.74 Å². The highest BCUT2D eigenvalue weighted by molar-refractivity contribution is 5.95. The molecule has 6 heteroatoms. The number of fused-ring (bicyclic) bond motifs is 1. The largest absolute Gasteiger partial charge is 0.378 e. The molecule has 3 heterocycles. The Bertz CT molecular complexity index is 983. The lowest BCUT2D eigenvalue weighted by Crippen LogP contribution is -2.51. The van der Waals surface area contributed by atoms with Crippen molar-refractivity contribution in [2.45, 2.75) is 43.6 Å². The van der Waals surface area contributed by atoms with E-state index in [0.29, 0.717) is 31.5 Å². The average molecular weight is 420 g/mol. The number of ether oxygens (including phenoxy) is 1. The van der Waals surface area contributed by atoms with Crippen LogP contribution in [-0.2, 0) is 9.53 Å². The zero-order chi connectivity index (χ0) is 21.6. The minimum Gasteiger partial charge on any atom is -0.378 e. The van der Waals surface area contributed by atoms with Gasteiger partial charge in [0.25, 0.3) is 11.8 Å². The van der Waals surface area contributed by atoms with E-state index in [1.54, 1.807) is 0 Å². The molecule has 6 nitrogen and oxygen atoms in total. The quantitative estimate of drug-likeness (QED) is 0.765. The molecule has 0 aliphatic carbocycles. The van der Waals surface area contributed by atoms with Gasteiger partial charge < -0.3 is 19.4 Å². The Morgan fingerprint density at radius 2 is 1.77 bits per heavy atom. The summed E-state index contributed by atoms with van der Waals surface area (Å²) in [6.07, 6.45) is 2.77. The number of likely N-dealkylation sites (tertiary alicyclic amines) is 1. The summed E-state index contributed by atoms with van der Waals surface area (Å²) in [5, 5.41) is 0. The van der Waals surface area contributed by atoms with Crippen molar-refractivity contribution in [3.05, 3.63) is 65.7 Å². The lowest BCUT2D eigenvalue weighted by Gasteiger charge is -2.37. The number of amides is 2. The molecule has 0 aromatic heterocycles. The van der Waals surface area contributed by atoms with Gasteiger partial charge in [-0.3, -0.25) is 9.59 Å². The molecule has 3 fully saturated rings. The Morgan fingerprint density at radius 3 is 2.48 bits per heavy atom. The number of nitrogens with zero attached hydrogens (tertiary/aromatic N) is 3. The molecule has 5 rings (SSSR count). The summed E-state index contributed by atoms with van der Waals surface area (Å²) in [6, 6.07) is 18.0. The monoisotopic (exact) mass is 419 g/mol. The Balaban J connectivity index is 1.29. The van der Waals surface area contributed by atoms with Gasteiger partial charge in [-0.25, -0.2) is 0 Å². The van der Waals surface area contributed by atoms with Gasteiger partial charge in [0.2, 0.25) is 0 Å². The number of rotatable bonds is 3. The molecule has 3 aliphatic rings. The van der Waals surface area contributed by atoms with Crippen molar-refractivity contribution >= 4 is 17.5 Å². The van der Waals surface area contributed by atoms with Crippen molar-refractivity contribution in [1.29, 1.82) is 0 Å². The molecule has 0 saturated carbocycles. The van der Waals surface area contributed by atoms with Gasteiger partial charge in [-0.15, -0.1) is 0 Å². The topological polar surface area (TPSA) is 53.1 Å². The van der Waals surface area contributed by atoms with Crippen LogP contribution in [0.2, 0.25) is 0 Å². The molecular weight excluding hydrogens is 390 g/mol. The van der Waals surface area contributed by atoms with Crippen molar-refractivity contribution in [1.82, 2.24) is 9.80 Å². The van der Waals surface area contributed by atoms with Gasteiger partial charge in [-0.05, 0) is 36.6 Å². The Kier molecular flexibility index (Phi) is 4.97. The average Bonchev–Trinajstić information content (AvgIpc) is 3.32. The van der Waals surface area contributed by atoms with Crippen LogP contribution >= 0.6 is 0 Å². The molecule has 0 radical (unpaired) electrons. The van der Waals surface area contributed by atoms with E-state index in [0.717, 1.165) is 18.5 Å². The highest BCUT2D eigenvalue weighted by Gasteiger charge is 2.58. The number of carbonyl (C=O) groups excluding carboxylic acids is 2. The Morgan fingerprint density at radius 1 is 1.03 bits per heavy atom. The maximum Gasteiger partial charge on any atom is 0.257 e. The van der Waals surface area contributed by atoms with E-state index in [9.17, 15) is 9.59 Å². The van der Waals surface area contributed by atoms with Crippen LogP contribution < -0.4 is 4.90 Å². The SMILES string of the molecule is CN(C)c1cccc(C(=O)N2CCC3(CC2)O[C@@H]2CC[C@@H](c4ccccc4)N2C3=O)c1. The number of hydrogen-bond acceptors (Lipinski definition) is 4. The molecule has 1 spiro atoms. The third kappa shape index (κ3) is 3.39.